The summed E-state index contributed by atoms with van der Waals surface area (Å²) >= 11 is 0. The van der Waals surface area contributed by atoms with Crippen molar-refractivity contribution in [2.24, 2.45) is 17.3 Å². The molecule has 1 aliphatic carbocycles. The topological polar surface area (TPSA) is 43.9 Å². The molecule has 0 N–H and O–H groups in total. The summed E-state index contributed by atoms with van der Waals surface area (Å²) in [5.74, 6) is 1.26. The van der Waals surface area contributed by atoms with E-state index < -0.39 is 5.41 Å². The molecule has 5 heteroatoms. The van der Waals surface area contributed by atoms with Gasteiger partial charge in [0.05, 0.1) is 5.41 Å². The molecule has 1 saturated carbocycles. The molecule has 2 amide bonds. The van der Waals surface area contributed by atoms with E-state index in [1.54, 1.807) is 4.90 Å². The highest BCUT2D eigenvalue weighted by Gasteiger charge is 2.58. The van der Waals surface area contributed by atoms with Gasteiger partial charge in [0.1, 0.15) is 0 Å². The van der Waals surface area contributed by atoms with Crippen LogP contribution in [0.4, 0.5) is 0 Å². The largest absolute Gasteiger partial charge is 0.348 e. The number of carbonyl (C=O) groups excluding carboxylic acids is 2. The highest BCUT2D eigenvalue weighted by atomic mass is 16.2. The summed E-state index contributed by atoms with van der Waals surface area (Å²) in [7, 11) is 3.69. The molecule has 2 atom stereocenters. The summed E-state index contributed by atoms with van der Waals surface area (Å²) in [6, 6.07) is 9.46. The zero-order valence-electron chi connectivity index (χ0n) is 17.3. The van der Waals surface area contributed by atoms with Crippen LogP contribution in [0.25, 0.3) is 0 Å². The molecule has 152 valence electrons. The average Bonchev–Trinajstić information content (AvgIpc) is 3.23. The first kappa shape index (κ1) is 19.4. The van der Waals surface area contributed by atoms with Crippen LogP contribution in [0.15, 0.2) is 30.3 Å². The number of rotatable bonds is 4. The molecular formula is C23H33N3O2. The Morgan fingerprint density at radius 1 is 1.04 bits per heavy atom. The summed E-state index contributed by atoms with van der Waals surface area (Å²) in [6.07, 6.45) is 6.73. The number of benzene rings is 1. The first-order valence-electron chi connectivity index (χ1n) is 10.8. The number of amides is 2. The van der Waals surface area contributed by atoms with Crippen LogP contribution in [-0.2, 0) is 4.79 Å². The van der Waals surface area contributed by atoms with Crippen LogP contribution in [0.5, 0.6) is 0 Å². The second-order valence-electron chi connectivity index (χ2n) is 9.30. The Morgan fingerprint density at radius 2 is 1.75 bits per heavy atom. The smallest absolute Gasteiger partial charge is 0.253 e. The number of carbonyl (C=O) groups is 2. The maximum atomic E-state index is 13.3. The van der Waals surface area contributed by atoms with Crippen molar-refractivity contribution in [3.05, 3.63) is 35.9 Å². The molecule has 2 aliphatic heterocycles. The van der Waals surface area contributed by atoms with Gasteiger partial charge < -0.3 is 14.7 Å². The van der Waals surface area contributed by atoms with Crippen LogP contribution in [0.1, 0.15) is 42.5 Å². The second-order valence-corrected chi connectivity index (χ2v) is 9.30. The van der Waals surface area contributed by atoms with Gasteiger partial charge in [-0.2, -0.15) is 0 Å². The molecule has 1 aromatic rings. The van der Waals surface area contributed by atoms with Gasteiger partial charge in [-0.05, 0) is 30.9 Å². The molecule has 0 unspecified atom stereocenters. The lowest BCUT2D eigenvalue weighted by Gasteiger charge is -2.32. The van der Waals surface area contributed by atoms with Crippen LogP contribution < -0.4 is 0 Å². The average molecular weight is 384 g/mol. The zero-order valence-corrected chi connectivity index (χ0v) is 17.3. The Hall–Kier alpha value is -1.88. The third-order valence-electron chi connectivity index (χ3n) is 7.06. The maximum absolute atomic E-state index is 13.3. The van der Waals surface area contributed by atoms with Crippen molar-refractivity contribution in [2.45, 2.75) is 32.1 Å². The summed E-state index contributed by atoms with van der Waals surface area (Å²) < 4.78 is 0. The molecule has 0 bridgehead atoms. The lowest BCUT2D eigenvalue weighted by atomic mass is 9.79. The standard InChI is InChI=1S/C23H33N3O2/c1-24(2)22(28)23-16-25(13-18-9-5-3-6-10-18)14-20(23)15-26(17-23)21(27)19-11-7-4-8-12-19/h4,7-8,11-12,18,20H,3,5-6,9-10,13-17H2,1-2H3/t20-,23-/m1/s1. The lowest BCUT2D eigenvalue weighted by Crippen LogP contribution is -2.47. The van der Waals surface area contributed by atoms with Crippen molar-refractivity contribution in [3.8, 4) is 0 Å². The van der Waals surface area contributed by atoms with Gasteiger partial charge >= 0.3 is 0 Å². The van der Waals surface area contributed by atoms with Crippen molar-refractivity contribution in [3.63, 3.8) is 0 Å². The minimum atomic E-state index is -0.442. The number of hydrogen-bond acceptors (Lipinski definition) is 3. The fourth-order valence-electron chi connectivity index (χ4n) is 5.71. The van der Waals surface area contributed by atoms with E-state index in [1.165, 1.54) is 32.1 Å². The quantitative estimate of drug-likeness (QED) is 0.803. The van der Waals surface area contributed by atoms with Gasteiger partial charge in [0.15, 0.2) is 0 Å². The molecule has 4 rings (SSSR count). The van der Waals surface area contributed by atoms with E-state index in [2.05, 4.69) is 4.90 Å². The van der Waals surface area contributed by atoms with Crippen LogP contribution in [0.2, 0.25) is 0 Å². The van der Waals surface area contributed by atoms with Crippen molar-refractivity contribution in [1.82, 2.24) is 14.7 Å². The first-order valence-corrected chi connectivity index (χ1v) is 10.8. The molecule has 0 radical (unpaired) electrons. The van der Waals surface area contributed by atoms with E-state index >= 15 is 0 Å². The van der Waals surface area contributed by atoms with Gasteiger partial charge in [0.2, 0.25) is 5.91 Å². The summed E-state index contributed by atoms with van der Waals surface area (Å²) in [5.41, 5.74) is 0.275. The van der Waals surface area contributed by atoms with E-state index in [-0.39, 0.29) is 17.7 Å². The maximum Gasteiger partial charge on any atom is 0.253 e. The van der Waals surface area contributed by atoms with Crippen molar-refractivity contribution >= 4 is 11.8 Å². The van der Waals surface area contributed by atoms with Crippen molar-refractivity contribution in [1.29, 1.82) is 0 Å². The van der Waals surface area contributed by atoms with Gasteiger partial charge in [-0.3, -0.25) is 9.59 Å². The lowest BCUT2D eigenvalue weighted by molar-refractivity contribution is -0.139. The van der Waals surface area contributed by atoms with Crippen molar-refractivity contribution in [2.75, 3.05) is 46.8 Å². The third-order valence-corrected chi connectivity index (χ3v) is 7.06. The first-order chi connectivity index (χ1) is 13.5. The summed E-state index contributed by atoms with van der Waals surface area (Å²) in [5, 5.41) is 0. The van der Waals surface area contributed by atoms with Gasteiger partial charge in [-0.15, -0.1) is 0 Å². The molecule has 5 nitrogen and oxygen atoms in total. The monoisotopic (exact) mass is 383 g/mol. The van der Waals surface area contributed by atoms with Gasteiger partial charge in [0, 0.05) is 58.3 Å². The molecule has 28 heavy (non-hydrogen) atoms. The molecule has 0 spiro atoms. The highest BCUT2D eigenvalue weighted by Crippen LogP contribution is 2.44. The van der Waals surface area contributed by atoms with Gasteiger partial charge in [-0.1, -0.05) is 37.5 Å². The second kappa shape index (κ2) is 7.86. The molecule has 1 aromatic carbocycles. The van der Waals surface area contributed by atoms with Crippen LogP contribution in [0, 0.1) is 17.3 Å². The van der Waals surface area contributed by atoms with E-state index in [4.69, 9.17) is 0 Å². The summed E-state index contributed by atoms with van der Waals surface area (Å²) in [6.45, 7) is 4.09. The highest BCUT2D eigenvalue weighted by molar-refractivity contribution is 5.95. The molecule has 0 aromatic heterocycles. The van der Waals surface area contributed by atoms with E-state index in [9.17, 15) is 9.59 Å². The molecule has 3 aliphatic rings. The predicted molar refractivity (Wildman–Crippen MR) is 110 cm³/mol. The Bertz CT molecular complexity index is 714. The third kappa shape index (κ3) is 3.57. The van der Waals surface area contributed by atoms with Crippen LogP contribution >= 0.6 is 0 Å². The fourth-order valence-corrected chi connectivity index (χ4v) is 5.71. The van der Waals surface area contributed by atoms with E-state index in [1.807, 2.05) is 49.3 Å². The van der Waals surface area contributed by atoms with E-state index in [0.717, 1.165) is 25.6 Å². The molecule has 2 heterocycles. The number of likely N-dealkylation sites (tertiary alicyclic amines) is 2. The van der Waals surface area contributed by atoms with Gasteiger partial charge in [-0.25, -0.2) is 0 Å². The number of fused-ring (bicyclic) bond motifs is 1. The minimum absolute atomic E-state index is 0.0553. The van der Waals surface area contributed by atoms with E-state index in [0.29, 0.717) is 18.7 Å². The number of hydrogen-bond donors (Lipinski definition) is 0. The summed E-state index contributed by atoms with van der Waals surface area (Å²) in [4.78, 5) is 32.4. The predicted octanol–water partition coefficient (Wildman–Crippen LogP) is 2.73. The molecule has 2 saturated heterocycles. The zero-order chi connectivity index (χ0) is 19.7. The fraction of sp³-hybridized carbons (Fsp3) is 0.652. The van der Waals surface area contributed by atoms with Crippen LogP contribution in [-0.4, -0.2) is 73.3 Å². The van der Waals surface area contributed by atoms with Crippen molar-refractivity contribution < 1.29 is 9.59 Å². The van der Waals surface area contributed by atoms with Crippen LogP contribution in [0.3, 0.4) is 0 Å². The Balaban J connectivity index is 1.50. The normalized spacial score (nSPS) is 28.4. The van der Waals surface area contributed by atoms with Gasteiger partial charge in [0.25, 0.3) is 5.91 Å². The minimum Gasteiger partial charge on any atom is -0.348 e. The molecule has 3 fully saturated rings. The Kier molecular flexibility index (Phi) is 5.46. The Labute approximate surface area is 168 Å². The Morgan fingerprint density at radius 3 is 2.43 bits per heavy atom. The molecular weight excluding hydrogens is 350 g/mol. The SMILES string of the molecule is CN(C)C(=O)[C@@]12CN(CC3CCCCC3)C[C@@H]1CN(C(=O)c1ccccc1)C2. The number of nitrogens with zero attached hydrogens (tertiary/aromatic N) is 3.